The summed E-state index contributed by atoms with van der Waals surface area (Å²) < 4.78 is 24.2. The molecule has 0 radical (unpaired) electrons. The predicted octanol–water partition coefficient (Wildman–Crippen LogP) is 1.78. The number of carbonyl (C=O) groups is 1. The van der Waals surface area contributed by atoms with E-state index in [0.717, 1.165) is 5.56 Å². The SMILES string of the molecule is CS(=O)(=O)N1CCN(C(=O)NCc2ccc(Cl)cc2Cl)CC1. The van der Waals surface area contributed by atoms with E-state index in [1.165, 1.54) is 10.6 Å². The molecule has 0 unspecified atom stereocenters. The van der Waals surface area contributed by atoms with Crippen molar-refractivity contribution < 1.29 is 13.2 Å². The van der Waals surface area contributed by atoms with Crippen molar-refractivity contribution >= 4 is 39.3 Å². The van der Waals surface area contributed by atoms with Crippen LogP contribution in [0.3, 0.4) is 0 Å². The fourth-order valence-corrected chi connectivity index (χ4v) is 3.47. The molecule has 1 fully saturated rings. The zero-order valence-electron chi connectivity index (χ0n) is 12.1. The number of nitrogens with zero attached hydrogens (tertiary/aromatic N) is 2. The van der Waals surface area contributed by atoms with Crippen LogP contribution in [0.25, 0.3) is 0 Å². The molecule has 0 aliphatic carbocycles. The van der Waals surface area contributed by atoms with Gasteiger partial charge in [0, 0.05) is 42.8 Å². The first-order chi connectivity index (χ1) is 10.3. The molecular formula is C13H17Cl2N3O3S. The van der Waals surface area contributed by atoms with Crippen LogP contribution in [-0.4, -0.2) is 56.1 Å². The third-order valence-electron chi connectivity index (χ3n) is 3.44. The highest BCUT2D eigenvalue weighted by Crippen LogP contribution is 2.20. The van der Waals surface area contributed by atoms with Gasteiger partial charge in [-0.15, -0.1) is 0 Å². The minimum Gasteiger partial charge on any atom is -0.334 e. The number of sulfonamides is 1. The Bertz CT molecular complexity index is 658. The molecule has 0 bridgehead atoms. The Hall–Kier alpha value is -1.02. The first-order valence-corrected chi connectivity index (χ1v) is 9.29. The highest BCUT2D eigenvalue weighted by molar-refractivity contribution is 7.88. The van der Waals surface area contributed by atoms with Gasteiger partial charge < -0.3 is 10.2 Å². The van der Waals surface area contributed by atoms with Crippen molar-refractivity contribution in [2.24, 2.45) is 0 Å². The highest BCUT2D eigenvalue weighted by Gasteiger charge is 2.25. The van der Waals surface area contributed by atoms with Crippen molar-refractivity contribution in [1.82, 2.24) is 14.5 Å². The second-order valence-corrected chi connectivity index (χ2v) is 7.87. The van der Waals surface area contributed by atoms with Crippen molar-refractivity contribution in [1.29, 1.82) is 0 Å². The molecule has 1 aliphatic rings. The molecule has 2 amide bonds. The number of hydrogen-bond acceptors (Lipinski definition) is 3. The zero-order valence-corrected chi connectivity index (χ0v) is 14.4. The molecule has 1 heterocycles. The second-order valence-electron chi connectivity index (χ2n) is 5.04. The van der Waals surface area contributed by atoms with Crippen molar-refractivity contribution in [3.05, 3.63) is 33.8 Å². The Morgan fingerprint density at radius 3 is 2.41 bits per heavy atom. The van der Waals surface area contributed by atoms with Crippen LogP contribution in [-0.2, 0) is 16.6 Å². The summed E-state index contributed by atoms with van der Waals surface area (Å²) in [5.41, 5.74) is 0.772. The smallest absolute Gasteiger partial charge is 0.317 e. The lowest BCUT2D eigenvalue weighted by Crippen LogP contribution is -2.52. The first-order valence-electron chi connectivity index (χ1n) is 6.69. The van der Waals surface area contributed by atoms with Crippen LogP contribution in [0.2, 0.25) is 10.0 Å². The molecule has 6 nitrogen and oxygen atoms in total. The minimum atomic E-state index is -3.19. The van der Waals surface area contributed by atoms with E-state index in [1.807, 2.05) is 0 Å². The summed E-state index contributed by atoms with van der Waals surface area (Å²) in [6.07, 6.45) is 1.17. The molecule has 1 aliphatic heterocycles. The third-order valence-corrected chi connectivity index (χ3v) is 5.33. The van der Waals surface area contributed by atoms with E-state index in [9.17, 15) is 13.2 Å². The Morgan fingerprint density at radius 1 is 1.23 bits per heavy atom. The number of nitrogens with one attached hydrogen (secondary N) is 1. The van der Waals surface area contributed by atoms with Gasteiger partial charge in [0.1, 0.15) is 0 Å². The van der Waals surface area contributed by atoms with E-state index in [0.29, 0.717) is 42.8 Å². The van der Waals surface area contributed by atoms with Gasteiger partial charge in [0.2, 0.25) is 10.0 Å². The normalized spacial score (nSPS) is 16.6. The summed E-state index contributed by atoms with van der Waals surface area (Å²) in [5.74, 6) is 0. The monoisotopic (exact) mass is 365 g/mol. The van der Waals surface area contributed by atoms with Gasteiger partial charge in [-0.25, -0.2) is 13.2 Å². The van der Waals surface area contributed by atoms with Gasteiger partial charge in [-0.05, 0) is 17.7 Å². The molecule has 1 aromatic rings. The molecule has 2 rings (SSSR count). The molecule has 1 aromatic carbocycles. The number of hydrogen-bond donors (Lipinski definition) is 1. The lowest BCUT2D eigenvalue weighted by atomic mass is 10.2. The van der Waals surface area contributed by atoms with Crippen LogP contribution in [0.15, 0.2) is 18.2 Å². The maximum atomic E-state index is 12.1. The summed E-state index contributed by atoms with van der Waals surface area (Å²) in [7, 11) is -3.19. The quantitative estimate of drug-likeness (QED) is 0.887. The zero-order chi connectivity index (χ0) is 16.3. The molecule has 122 valence electrons. The van der Waals surface area contributed by atoms with Crippen LogP contribution in [0.1, 0.15) is 5.56 Å². The first kappa shape index (κ1) is 17.3. The summed E-state index contributed by atoms with van der Waals surface area (Å²) in [6, 6.07) is 4.85. The number of urea groups is 1. The fourth-order valence-electron chi connectivity index (χ4n) is 2.17. The van der Waals surface area contributed by atoms with Crippen LogP contribution in [0.5, 0.6) is 0 Å². The summed E-state index contributed by atoms with van der Waals surface area (Å²) in [4.78, 5) is 13.7. The lowest BCUT2D eigenvalue weighted by Gasteiger charge is -2.33. The van der Waals surface area contributed by atoms with Gasteiger partial charge in [-0.2, -0.15) is 4.31 Å². The summed E-state index contributed by atoms with van der Waals surface area (Å²) in [5, 5.41) is 3.81. The van der Waals surface area contributed by atoms with Crippen molar-refractivity contribution in [2.75, 3.05) is 32.4 Å². The number of amides is 2. The topological polar surface area (TPSA) is 69.7 Å². The Balaban J connectivity index is 1.86. The van der Waals surface area contributed by atoms with E-state index in [2.05, 4.69) is 5.32 Å². The minimum absolute atomic E-state index is 0.237. The van der Waals surface area contributed by atoms with Crippen LogP contribution in [0.4, 0.5) is 4.79 Å². The van der Waals surface area contributed by atoms with Gasteiger partial charge in [-0.1, -0.05) is 29.3 Å². The van der Waals surface area contributed by atoms with Crippen LogP contribution < -0.4 is 5.32 Å². The Morgan fingerprint density at radius 2 is 1.86 bits per heavy atom. The van der Waals surface area contributed by atoms with Crippen molar-refractivity contribution in [3.63, 3.8) is 0 Å². The van der Waals surface area contributed by atoms with Gasteiger partial charge in [0.05, 0.1) is 6.26 Å². The molecule has 22 heavy (non-hydrogen) atoms. The average molecular weight is 366 g/mol. The third kappa shape index (κ3) is 4.49. The van der Waals surface area contributed by atoms with Gasteiger partial charge >= 0.3 is 6.03 Å². The fraction of sp³-hybridized carbons (Fsp3) is 0.462. The Labute approximate surface area is 140 Å². The lowest BCUT2D eigenvalue weighted by molar-refractivity contribution is 0.172. The molecule has 0 aromatic heterocycles. The van der Waals surface area contributed by atoms with Gasteiger partial charge in [0.15, 0.2) is 0 Å². The van der Waals surface area contributed by atoms with Gasteiger partial charge in [-0.3, -0.25) is 0 Å². The molecule has 0 saturated carbocycles. The van der Waals surface area contributed by atoms with E-state index in [1.54, 1.807) is 23.1 Å². The molecule has 1 saturated heterocycles. The second kappa shape index (κ2) is 7.04. The van der Waals surface area contributed by atoms with Gasteiger partial charge in [0.25, 0.3) is 0 Å². The highest BCUT2D eigenvalue weighted by atomic mass is 35.5. The number of halogens is 2. The van der Waals surface area contributed by atoms with Crippen molar-refractivity contribution in [2.45, 2.75) is 6.54 Å². The maximum absolute atomic E-state index is 12.1. The molecule has 9 heteroatoms. The summed E-state index contributed by atoms with van der Waals surface area (Å²) in [6.45, 7) is 1.66. The Kier molecular flexibility index (Phi) is 5.55. The van der Waals surface area contributed by atoms with E-state index in [-0.39, 0.29) is 6.03 Å². The van der Waals surface area contributed by atoms with Crippen molar-refractivity contribution in [3.8, 4) is 0 Å². The summed E-state index contributed by atoms with van der Waals surface area (Å²) >= 11 is 11.9. The van der Waals surface area contributed by atoms with E-state index < -0.39 is 10.0 Å². The molecular weight excluding hydrogens is 349 g/mol. The molecule has 0 atom stereocenters. The van der Waals surface area contributed by atoms with Crippen LogP contribution >= 0.6 is 23.2 Å². The van der Waals surface area contributed by atoms with E-state index in [4.69, 9.17) is 23.2 Å². The number of carbonyl (C=O) groups excluding carboxylic acids is 1. The number of rotatable bonds is 3. The van der Waals surface area contributed by atoms with Crippen LogP contribution in [0, 0.1) is 0 Å². The number of benzene rings is 1. The molecule has 0 spiro atoms. The maximum Gasteiger partial charge on any atom is 0.317 e. The predicted molar refractivity (Wildman–Crippen MR) is 86.7 cm³/mol. The average Bonchev–Trinajstić information content (AvgIpc) is 2.45. The largest absolute Gasteiger partial charge is 0.334 e. The standard InChI is InChI=1S/C13H17Cl2N3O3S/c1-22(20,21)18-6-4-17(5-7-18)13(19)16-9-10-2-3-11(14)8-12(10)15/h2-3,8H,4-7,9H2,1H3,(H,16,19). The number of piperazine rings is 1. The molecule has 1 N–H and O–H groups in total. The van der Waals surface area contributed by atoms with E-state index >= 15 is 0 Å².